The van der Waals surface area contributed by atoms with Crippen LogP contribution in [-0.2, 0) is 27.2 Å². The number of benzene rings is 1. The van der Waals surface area contributed by atoms with E-state index in [4.69, 9.17) is 16.3 Å². The van der Waals surface area contributed by atoms with E-state index in [1.54, 1.807) is 29.6 Å². The van der Waals surface area contributed by atoms with E-state index in [9.17, 15) is 14.4 Å². The van der Waals surface area contributed by atoms with Crippen LogP contribution in [0.15, 0.2) is 36.8 Å². The molecule has 9 nitrogen and oxygen atoms in total. The van der Waals surface area contributed by atoms with E-state index in [-0.39, 0.29) is 11.9 Å². The molecule has 1 atom stereocenters. The second kappa shape index (κ2) is 13.8. The van der Waals surface area contributed by atoms with E-state index in [1.165, 1.54) is 6.42 Å². The molecule has 1 aromatic heterocycles. The van der Waals surface area contributed by atoms with Gasteiger partial charge < -0.3 is 25.3 Å². The summed E-state index contributed by atoms with van der Waals surface area (Å²) in [6, 6.07) is 6.14. The van der Waals surface area contributed by atoms with Gasteiger partial charge in [-0.3, -0.25) is 9.59 Å². The molecule has 2 aliphatic rings. The largest absolute Gasteiger partial charge is 0.466 e. The minimum Gasteiger partial charge on any atom is -0.466 e. The maximum Gasteiger partial charge on any atom is 0.315 e. The number of rotatable bonds is 10. The minimum atomic E-state index is -0.749. The van der Waals surface area contributed by atoms with Gasteiger partial charge in [0.25, 0.3) is 0 Å². The zero-order chi connectivity index (χ0) is 27.7. The summed E-state index contributed by atoms with van der Waals surface area (Å²) < 4.78 is 5.56. The maximum atomic E-state index is 13.8. The normalized spacial score (nSPS) is 18.3. The predicted molar refractivity (Wildman–Crippen MR) is 149 cm³/mol. The van der Waals surface area contributed by atoms with Crippen molar-refractivity contribution in [2.24, 2.45) is 11.3 Å². The first-order valence-electron chi connectivity index (χ1n) is 14.1. The highest BCUT2D eigenvalue weighted by Gasteiger charge is 2.49. The lowest BCUT2D eigenvalue weighted by molar-refractivity contribution is -0.166. The third-order valence-corrected chi connectivity index (χ3v) is 8.47. The van der Waals surface area contributed by atoms with Gasteiger partial charge >= 0.3 is 12.0 Å². The lowest BCUT2D eigenvalue weighted by atomic mass is 9.63. The monoisotopic (exact) mass is 557 g/mol. The summed E-state index contributed by atoms with van der Waals surface area (Å²) in [5.41, 5.74) is 1.21. The maximum absolute atomic E-state index is 13.8. The van der Waals surface area contributed by atoms with Crippen molar-refractivity contribution >= 4 is 29.5 Å². The summed E-state index contributed by atoms with van der Waals surface area (Å²) >= 11 is 6.06. The Morgan fingerprint density at radius 1 is 1.15 bits per heavy atom. The molecule has 2 heterocycles. The molecule has 1 aliphatic heterocycles. The number of nitrogens with zero attached hydrogens (tertiary/aromatic N) is 2. The number of piperidine rings is 1. The number of esters is 1. The minimum absolute atomic E-state index is 0.115. The Kier molecular flexibility index (Phi) is 10.3. The predicted octanol–water partition coefficient (Wildman–Crippen LogP) is 4.27. The van der Waals surface area contributed by atoms with Crippen molar-refractivity contribution in [3.63, 3.8) is 0 Å². The molecular weight excluding hydrogens is 518 g/mol. The number of hydrogen-bond donors (Lipinski definition) is 3. The SMILES string of the molecule is CCOC(=O)C1(C2CCCCC2)CCN(C(=O)C(Cc2ccc(Cl)cc2)NC(=O)NCCc2c[nH]cn2)CC1. The van der Waals surface area contributed by atoms with Crippen molar-refractivity contribution in [1.29, 1.82) is 0 Å². The molecule has 212 valence electrons. The van der Waals surface area contributed by atoms with Gasteiger partial charge in [0.15, 0.2) is 0 Å². The van der Waals surface area contributed by atoms with E-state index in [0.29, 0.717) is 62.9 Å². The van der Waals surface area contributed by atoms with Gasteiger partial charge in [-0.05, 0) is 56.2 Å². The molecule has 10 heteroatoms. The average Bonchev–Trinajstić information content (AvgIpc) is 3.48. The molecule has 2 fully saturated rings. The first kappa shape index (κ1) is 28.9. The lowest BCUT2D eigenvalue weighted by Gasteiger charge is -2.46. The number of hydrogen-bond acceptors (Lipinski definition) is 5. The molecule has 3 N–H and O–H groups in total. The Hall–Kier alpha value is -3.07. The number of ether oxygens (including phenoxy) is 1. The van der Waals surface area contributed by atoms with Crippen LogP contribution in [0.25, 0.3) is 0 Å². The Morgan fingerprint density at radius 3 is 2.51 bits per heavy atom. The number of likely N-dealkylation sites (tertiary alicyclic amines) is 1. The molecule has 1 saturated carbocycles. The summed E-state index contributed by atoms with van der Waals surface area (Å²) in [7, 11) is 0. The Labute approximate surface area is 235 Å². The van der Waals surface area contributed by atoms with Gasteiger partial charge in [-0.2, -0.15) is 0 Å². The quantitative estimate of drug-likeness (QED) is 0.377. The summed E-state index contributed by atoms with van der Waals surface area (Å²) in [6.07, 6.45) is 11.0. The van der Waals surface area contributed by atoms with Gasteiger partial charge in [0.05, 0.1) is 24.0 Å². The molecule has 3 amide bonds. The van der Waals surface area contributed by atoms with E-state index in [0.717, 1.165) is 36.9 Å². The van der Waals surface area contributed by atoms with Crippen LogP contribution in [0.1, 0.15) is 63.1 Å². The Balaban J connectivity index is 1.42. The summed E-state index contributed by atoms with van der Waals surface area (Å²) in [5.74, 6) is 0.0375. The fraction of sp³-hybridized carbons (Fsp3) is 0.586. The average molecular weight is 558 g/mol. The van der Waals surface area contributed by atoms with Crippen molar-refractivity contribution in [3.8, 4) is 0 Å². The molecule has 0 spiro atoms. The van der Waals surface area contributed by atoms with Crippen molar-refractivity contribution in [3.05, 3.63) is 53.1 Å². The summed E-state index contributed by atoms with van der Waals surface area (Å²) in [6.45, 7) is 3.53. The van der Waals surface area contributed by atoms with E-state index >= 15 is 0 Å². The highest BCUT2D eigenvalue weighted by Crippen LogP contribution is 2.47. The van der Waals surface area contributed by atoms with Crippen molar-refractivity contribution in [1.82, 2.24) is 25.5 Å². The molecule has 1 saturated heterocycles. The van der Waals surface area contributed by atoms with Gasteiger partial charge in [0, 0.05) is 43.7 Å². The van der Waals surface area contributed by atoms with Crippen molar-refractivity contribution < 1.29 is 19.1 Å². The van der Waals surface area contributed by atoms with E-state index in [2.05, 4.69) is 20.6 Å². The van der Waals surface area contributed by atoms with Gasteiger partial charge in [-0.25, -0.2) is 9.78 Å². The number of carbonyl (C=O) groups excluding carboxylic acids is 3. The number of carbonyl (C=O) groups is 3. The fourth-order valence-corrected chi connectivity index (χ4v) is 6.18. The Bertz CT molecular complexity index is 1080. The first-order valence-corrected chi connectivity index (χ1v) is 14.5. The molecule has 1 aliphatic carbocycles. The van der Waals surface area contributed by atoms with Crippen LogP contribution in [0.2, 0.25) is 5.02 Å². The van der Waals surface area contributed by atoms with Crippen LogP contribution in [0, 0.1) is 11.3 Å². The molecule has 0 radical (unpaired) electrons. The van der Waals surface area contributed by atoms with Gasteiger partial charge in [-0.1, -0.05) is 43.0 Å². The van der Waals surface area contributed by atoms with Gasteiger partial charge in [-0.15, -0.1) is 0 Å². The summed E-state index contributed by atoms with van der Waals surface area (Å²) in [5, 5.41) is 6.33. The number of amides is 3. The van der Waals surface area contributed by atoms with Crippen LogP contribution in [0.3, 0.4) is 0 Å². The lowest BCUT2D eigenvalue weighted by Crippen LogP contribution is -2.56. The second-order valence-corrected chi connectivity index (χ2v) is 11.1. The third kappa shape index (κ3) is 7.53. The zero-order valence-corrected chi connectivity index (χ0v) is 23.5. The molecule has 1 aromatic carbocycles. The van der Waals surface area contributed by atoms with Crippen LogP contribution < -0.4 is 10.6 Å². The third-order valence-electron chi connectivity index (χ3n) is 8.21. The smallest absolute Gasteiger partial charge is 0.315 e. The Morgan fingerprint density at radius 2 is 1.87 bits per heavy atom. The molecule has 39 heavy (non-hydrogen) atoms. The number of aromatic amines is 1. The van der Waals surface area contributed by atoms with E-state index < -0.39 is 17.5 Å². The number of H-pyrrole nitrogens is 1. The van der Waals surface area contributed by atoms with Crippen molar-refractivity contribution in [2.45, 2.75) is 70.8 Å². The molecule has 0 bridgehead atoms. The van der Waals surface area contributed by atoms with Crippen LogP contribution in [0.5, 0.6) is 0 Å². The molecule has 1 unspecified atom stereocenters. The standard InChI is InChI=1S/C29H40ClN5O4/c1-2-39-27(37)29(22-6-4-3-5-7-22)13-16-35(17-14-29)26(36)25(18-21-8-10-23(30)11-9-21)34-28(38)32-15-12-24-19-31-20-33-24/h8-11,19-20,22,25H,2-7,12-18H2,1H3,(H,31,33)(H2,32,34,38). The number of nitrogens with one attached hydrogen (secondary N) is 3. The number of halogens is 1. The summed E-state index contributed by atoms with van der Waals surface area (Å²) in [4.78, 5) is 48.6. The van der Waals surface area contributed by atoms with Crippen molar-refractivity contribution in [2.75, 3.05) is 26.2 Å². The zero-order valence-electron chi connectivity index (χ0n) is 22.7. The first-order chi connectivity index (χ1) is 18.9. The van der Waals surface area contributed by atoms with Crippen LogP contribution in [-0.4, -0.2) is 65.1 Å². The number of imidazole rings is 1. The van der Waals surface area contributed by atoms with Crippen LogP contribution >= 0.6 is 11.6 Å². The fourth-order valence-electron chi connectivity index (χ4n) is 6.05. The molecule has 2 aromatic rings. The topological polar surface area (TPSA) is 116 Å². The number of aromatic nitrogens is 2. The van der Waals surface area contributed by atoms with Gasteiger partial charge in [0.1, 0.15) is 6.04 Å². The van der Waals surface area contributed by atoms with Gasteiger partial charge in [0.2, 0.25) is 5.91 Å². The number of urea groups is 1. The highest BCUT2D eigenvalue weighted by atomic mass is 35.5. The highest BCUT2D eigenvalue weighted by molar-refractivity contribution is 6.30. The molecule has 4 rings (SSSR count). The molecular formula is C29H40ClN5O4. The van der Waals surface area contributed by atoms with E-state index in [1.807, 2.05) is 19.1 Å². The second-order valence-electron chi connectivity index (χ2n) is 10.6. The van der Waals surface area contributed by atoms with Crippen LogP contribution in [0.4, 0.5) is 4.79 Å².